The van der Waals surface area contributed by atoms with E-state index in [1.807, 2.05) is 36.4 Å². The molecule has 0 unspecified atom stereocenters. The molecule has 3 heterocycles. The van der Waals surface area contributed by atoms with Crippen LogP contribution < -0.4 is 4.74 Å². The van der Waals surface area contributed by atoms with E-state index in [1.54, 1.807) is 24.8 Å². The van der Waals surface area contributed by atoms with Crippen molar-refractivity contribution in [3.8, 4) is 17.2 Å². The van der Waals surface area contributed by atoms with Crippen LogP contribution in [-0.4, -0.2) is 19.9 Å². The van der Waals surface area contributed by atoms with Crippen molar-refractivity contribution in [2.24, 2.45) is 0 Å². The summed E-state index contributed by atoms with van der Waals surface area (Å²) in [5.41, 5.74) is 3.99. The van der Waals surface area contributed by atoms with Crippen LogP contribution >= 0.6 is 0 Å². The molecule has 27 heavy (non-hydrogen) atoms. The predicted molar refractivity (Wildman–Crippen MR) is 102 cm³/mol. The Balaban J connectivity index is 1.45. The van der Waals surface area contributed by atoms with E-state index in [-0.39, 0.29) is 0 Å². The fourth-order valence-corrected chi connectivity index (χ4v) is 2.60. The van der Waals surface area contributed by atoms with Crippen molar-refractivity contribution >= 4 is 11.1 Å². The van der Waals surface area contributed by atoms with Gasteiger partial charge in [-0.1, -0.05) is 6.08 Å². The summed E-state index contributed by atoms with van der Waals surface area (Å²) in [4.78, 5) is 17.4. The molecule has 0 aliphatic carbocycles. The van der Waals surface area contributed by atoms with Crippen LogP contribution in [0.3, 0.4) is 0 Å². The number of allylic oxidation sites excluding steroid dienone is 1. The Labute approximate surface area is 156 Å². The third-order valence-electron chi connectivity index (χ3n) is 4.02. The molecule has 0 N–H and O–H groups in total. The number of nitrogens with zero attached hydrogens (tertiary/aromatic N) is 4. The number of oxazole rings is 1. The molecule has 0 amide bonds. The Kier molecular flexibility index (Phi) is 4.87. The molecule has 4 rings (SSSR count). The Hall–Kier alpha value is -3.54. The van der Waals surface area contributed by atoms with Crippen molar-refractivity contribution in [3.05, 3.63) is 79.2 Å². The van der Waals surface area contributed by atoms with E-state index in [9.17, 15) is 0 Å². The van der Waals surface area contributed by atoms with Crippen LogP contribution in [0.4, 0.5) is 0 Å². The SMILES string of the molecule is C=CCCc1cnc(COc2ccc3oc(-c4cccnc4)nc3c2)cn1. The zero-order chi connectivity index (χ0) is 18.5. The van der Waals surface area contributed by atoms with Crippen LogP contribution in [0.1, 0.15) is 17.8 Å². The Morgan fingerprint density at radius 3 is 2.74 bits per heavy atom. The smallest absolute Gasteiger partial charge is 0.228 e. The molecule has 0 saturated heterocycles. The van der Waals surface area contributed by atoms with Crippen LogP contribution in [0.15, 0.2) is 72.2 Å². The van der Waals surface area contributed by atoms with Crippen molar-refractivity contribution in [1.82, 2.24) is 19.9 Å². The zero-order valence-electron chi connectivity index (χ0n) is 14.7. The minimum absolute atomic E-state index is 0.341. The third-order valence-corrected chi connectivity index (χ3v) is 4.02. The zero-order valence-corrected chi connectivity index (χ0v) is 14.7. The van der Waals surface area contributed by atoms with Gasteiger partial charge >= 0.3 is 0 Å². The van der Waals surface area contributed by atoms with Gasteiger partial charge in [-0.2, -0.15) is 0 Å². The summed E-state index contributed by atoms with van der Waals surface area (Å²) >= 11 is 0. The lowest BCUT2D eigenvalue weighted by Gasteiger charge is -2.05. The van der Waals surface area contributed by atoms with Crippen LogP contribution in [0.2, 0.25) is 0 Å². The molecule has 3 aromatic heterocycles. The van der Waals surface area contributed by atoms with E-state index >= 15 is 0 Å². The number of hydrogen-bond donors (Lipinski definition) is 0. The topological polar surface area (TPSA) is 73.9 Å². The molecule has 0 radical (unpaired) electrons. The standard InChI is InChI=1S/C21H18N4O2/c1-2-3-6-16-12-24-17(13-23-16)14-26-18-7-8-20-19(10-18)25-21(27-20)15-5-4-9-22-11-15/h2,4-5,7-13H,1,3,6,14H2. The predicted octanol–water partition coefficient (Wildman–Crippen LogP) is 4.38. The summed E-state index contributed by atoms with van der Waals surface area (Å²) in [7, 11) is 0. The van der Waals surface area contributed by atoms with Gasteiger partial charge in [0.2, 0.25) is 5.89 Å². The monoisotopic (exact) mass is 358 g/mol. The molecule has 1 aromatic carbocycles. The normalized spacial score (nSPS) is 10.8. The molecule has 0 aliphatic rings. The number of hydrogen-bond acceptors (Lipinski definition) is 6. The van der Waals surface area contributed by atoms with E-state index < -0.39 is 0 Å². The maximum Gasteiger partial charge on any atom is 0.228 e. The Bertz CT molecular complexity index is 1040. The molecule has 4 aromatic rings. The summed E-state index contributed by atoms with van der Waals surface area (Å²) in [5.74, 6) is 1.24. The molecule has 0 saturated carbocycles. The molecule has 6 nitrogen and oxygen atoms in total. The maximum absolute atomic E-state index is 5.82. The number of rotatable bonds is 7. The number of pyridine rings is 1. The van der Waals surface area contributed by atoms with E-state index in [0.29, 0.717) is 23.8 Å². The molecule has 0 bridgehead atoms. The highest BCUT2D eigenvalue weighted by Gasteiger charge is 2.09. The van der Waals surface area contributed by atoms with Crippen molar-refractivity contribution in [1.29, 1.82) is 0 Å². The highest BCUT2D eigenvalue weighted by atomic mass is 16.5. The lowest BCUT2D eigenvalue weighted by molar-refractivity contribution is 0.301. The fraction of sp³-hybridized carbons (Fsp3) is 0.143. The van der Waals surface area contributed by atoms with Gasteiger partial charge in [-0.05, 0) is 37.1 Å². The van der Waals surface area contributed by atoms with Crippen LogP contribution in [0.25, 0.3) is 22.6 Å². The van der Waals surface area contributed by atoms with Crippen LogP contribution in [-0.2, 0) is 13.0 Å². The van der Waals surface area contributed by atoms with Gasteiger partial charge in [0.1, 0.15) is 17.9 Å². The molecule has 0 aliphatic heterocycles. The molecule has 6 heteroatoms. The Morgan fingerprint density at radius 1 is 1.07 bits per heavy atom. The molecule has 134 valence electrons. The first-order chi connectivity index (χ1) is 13.3. The number of fused-ring (bicyclic) bond motifs is 1. The molecule has 0 spiro atoms. The van der Waals surface area contributed by atoms with Crippen molar-refractivity contribution in [2.75, 3.05) is 0 Å². The molecule has 0 fully saturated rings. The first-order valence-electron chi connectivity index (χ1n) is 8.66. The average Bonchev–Trinajstić information content (AvgIpc) is 3.15. The summed E-state index contributed by atoms with van der Waals surface area (Å²) in [6.45, 7) is 4.05. The largest absolute Gasteiger partial charge is 0.487 e. The van der Waals surface area contributed by atoms with Crippen LogP contribution in [0.5, 0.6) is 5.75 Å². The summed E-state index contributed by atoms with van der Waals surface area (Å²) in [6.07, 6.45) is 10.6. The molecule has 0 atom stereocenters. The van der Waals surface area contributed by atoms with Crippen LogP contribution in [0, 0.1) is 0 Å². The van der Waals surface area contributed by atoms with Crippen molar-refractivity contribution in [3.63, 3.8) is 0 Å². The maximum atomic E-state index is 5.82. The number of aryl methyl sites for hydroxylation is 1. The van der Waals surface area contributed by atoms with E-state index in [4.69, 9.17) is 9.15 Å². The van der Waals surface area contributed by atoms with Crippen molar-refractivity contribution in [2.45, 2.75) is 19.4 Å². The lowest BCUT2D eigenvalue weighted by Crippen LogP contribution is -2.01. The minimum atomic E-state index is 0.341. The fourth-order valence-electron chi connectivity index (χ4n) is 2.60. The first-order valence-corrected chi connectivity index (χ1v) is 8.66. The highest BCUT2D eigenvalue weighted by Crippen LogP contribution is 2.26. The third kappa shape index (κ3) is 4.00. The number of ether oxygens (including phenoxy) is 1. The Morgan fingerprint density at radius 2 is 1.96 bits per heavy atom. The lowest BCUT2D eigenvalue weighted by atomic mass is 10.2. The van der Waals surface area contributed by atoms with Gasteiger partial charge in [-0.3, -0.25) is 15.0 Å². The van der Waals surface area contributed by atoms with Gasteiger partial charge in [0.25, 0.3) is 0 Å². The summed E-state index contributed by atoms with van der Waals surface area (Å²) in [6, 6.07) is 9.31. The van der Waals surface area contributed by atoms with Gasteiger partial charge in [0, 0.05) is 24.7 Å². The van der Waals surface area contributed by atoms with Gasteiger partial charge in [0.15, 0.2) is 5.58 Å². The number of aromatic nitrogens is 4. The second kappa shape index (κ2) is 7.78. The van der Waals surface area contributed by atoms with E-state index in [2.05, 4.69) is 26.5 Å². The number of benzene rings is 1. The summed E-state index contributed by atoms with van der Waals surface area (Å²) in [5, 5.41) is 0. The van der Waals surface area contributed by atoms with E-state index in [1.165, 1.54) is 0 Å². The second-order valence-electron chi connectivity index (χ2n) is 6.01. The molecular formula is C21H18N4O2. The first kappa shape index (κ1) is 16.9. The minimum Gasteiger partial charge on any atom is -0.487 e. The molecular weight excluding hydrogens is 340 g/mol. The average molecular weight is 358 g/mol. The second-order valence-corrected chi connectivity index (χ2v) is 6.01. The van der Waals surface area contributed by atoms with Gasteiger partial charge in [0.05, 0.1) is 23.1 Å². The van der Waals surface area contributed by atoms with E-state index in [0.717, 1.165) is 35.3 Å². The van der Waals surface area contributed by atoms with Gasteiger partial charge in [-0.15, -0.1) is 6.58 Å². The highest BCUT2D eigenvalue weighted by molar-refractivity contribution is 5.77. The summed E-state index contributed by atoms with van der Waals surface area (Å²) < 4.78 is 11.6. The van der Waals surface area contributed by atoms with Gasteiger partial charge < -0.3 is 9.15 Å². The van der Waals surface area contributed by atoms with Crippen molar-refractivity contribution < 1.29 is 9.15 Å². The quantitative estimate of drug-likeness (QED) is 0.457. The van der Waals surface area contributed by atoms with Gasteiger partial charge in [-0.25, -0.2) is 4.98 Å².